The van der Waals surface area contributed by atoms with E-state index in [1.54, 1.807) is 18.2 Å². The van der Waals surface area contributed by atoms with E-state index < -0.39 is 0 Å². The number of carbonyl (C=O) groups is 2. The van der Waals surface area contributed by atoms with Crippen LogP contribution in [0.5, 0.6) is 0 Å². The van der Waals surface area contributed by atoms with E-state index in [1.807, 2.05) is 18.5 Å². The lowest BCUT2D eigenvalue weighted by molar-refractivity contribution is -0.120. The van der Waals surface area contributed by atoms with Gasteiger partial charge in [0.05, 0.1) is 23.7 Å². The fraction of sp³-hybridized carbons (Fsp3) is 0.316. The van der Waals surface area contributed by atoms with Gasteiger partial charge in [-0.2, -0.15) is 5.10 Å². The van der Waals surface area contributed by atoms with Crippen molar-refractivity contribution in [3.05, 3.63) is 52.3 Å². The monoisotopic (exact) mass is 388 g/mol. The number of benzene rings is 1. The van der Waals surface area contributed by atoms with E-state index in [-0.39, 0.29) is 24.2 Å². The predicted octanol–water partition coefficient (Wildman–Crippen LogP) is 2.85. The van der Waals surface area contributed by atoms with Gasteiger partial charge in [-0.3, -0.25) is 14.3 Å². The number of amides is 2. The molecule has 0 spiro atoms. The number of nitrogens with one attached hydrogen (secondary N) is 2. The van der Waals surface area contributed by atoms with Gasteiger partial charge in [-0.05, 0) is 37.1 Å². The Morgan fingerprint density at radius 1 is 1.22 bits per heavy atom. The maximum Gasteiger partial charge on any atom is 0.261 e. The van der Waals surface area contributed by atoms with Gasteiger partial charge < -0.3 is 10.6 Å². The molecule has 6 nitrogen and oxygen atoms in total. The van der Waals surface area contributed by atoms with Crippen LogP contribution in [0.3, 0.4) is 0 Å². The van der Waals surface area contributed by atoms with E-state index in [0.29, 0.717) is 18.0 Å². The molecule has 0 radical (unpaired) electrons. The zero-order valence-electron chi connectivity index (χ0n) is 15.2. The summed E-state index contributed by atoms with van der Waals surface area (Å²) in [5, 5.41) is 10.8. The molecule has 2 N–H and O–H groups in total. The van der Waals surface area contributed by atoms with Crippen LogP contribution in [-0.2, 0) is 11.3 Å². The van der Waals surface area contributed by atoms with Gasteiger partial charge in [-0.15, -0.1) is 11.3 Å². The summed E-state index contributed by atoms with van der Waals surface area (Å²) < 4.78 is 14.9. The average Bonchev–Trinajstić information content (AvgIpc) is 3.21. The molecule has 0 atom stereocenters. The van der Waals surface area contributed by atoms with Crippen molar-refractivity contribution >= 4 is 33.4 Å². The van der Waals surface area contributed by atoms with E-state index in [1.165, 1.54) is 23.5 Å². The summed E-state index contributed by atoms with van der Waals surface area (Å²) in [7, 11) is 0. The summed E-state index contributed by atoms with van der Waals surface area (Å²) >= 11 is 1.33. The van der Waals surface area contributed by atoms with Crippen LogP contribution in [0.15, 0.2) is 30.3 Å². The highest BCUT2D eigenvalue weighted by Crippen LogP contribution is 2.28. The third kappa shape index (κ3) is 4.51. The van der Waals surface area contributed by atoms with E-state index >= 15 is 0 Å². The molecule has 0 unspecified atom stereocenters. The fourth-order valence-electron chi connectivity index (χ4n) is 2.67. The molecule has 1 aromatic carbocycles. The van der Waals surface area contributed by atoms with Crippen LogP contribution in [0.25, 0.3) is 10.2 Å². The van der Waals surface area contributed by atoms with Gasteiger partial charge in [-0.25, -0.2) is 4.39 Å². The molecule has 27 heavy (non-hydrogen) atoms. The minimum absolute atomic E-state index is 0.0479. The molecule has 0 saturated heterocycles. The number of carbonyl (C=O) groups excluding carboxylic acids is 2. The van der Waals surface area contributed by atoms with Gasteiger partial charge in [0.25, 0.3) is 5.91 Å². The number of thiophene rings is 1. The molecule has 2 heterocycles. The van der Waals surface area contributed by atoms with Crippen LogP contribution in [0.4, 0.5) is 4.39 Å². The molecular formula is C19H21FN4O2S. The summed E-state index contributed by atoms with van der Waals surface area (Å²) in [6.45, 7) is 4.89. The van der Waals surface area contributed by atoms with E-state index in [9.17, 15) is 14.0 Å². The molecule has 3 rings (SSSR count). The number of rotatable bonds is 7. The summed E-state index contributed by atoms with van der Waals surface area (Å²) in [4.78, 5) is 25.4. The highest BCUT2D eigenvalue weighted by atomic mass is 32.1. The number of hydrogen-bond acceptors (Lipinski definition) is 4. The third-order valence-corrected chi connectivity index (χ3v) is 5.21. The molecule has 2 aromatic heterocycles. The summed E-state index contributed by atoms with van der Waals surface area (Å²) in [6, 6.07) is 8.06. The largest absolute Gasteiger partial charge is 0.355 e. The molecule has 3 aromatic rings. The fourth-order valence-corrected chi connectivity index (χ4v) is 3.75. The second-order valence-corrected chi connectivity index (χ2v) is 7.26. The van der Waals surface area contributed by atoms with Gasteiger partial charge in [0, 0.05) is 11.9 Å². The number of halogens is 1. The van der Waals surface area contributed by atoms with Crippen molar-refractivity contribution in [1.29, 1.82) is 0 Å². The second kappa shape index (κ2) is 8.30. The molecule has 2 amide bonds. The molecular weight excluding hydrogens is 367 g/mol. The Morgan fingerprint density at radius 3 is 2.67 bits per heavy atom. The van der Waals surface area contributed by atoms with Crippen molar-refractivity contribution < 1.29 is 14.0 Å². The lowest BCUT2D eigenvalue weighted by Crippen LogP contribution is -2.36. The molecule has 0 bridgehead atoms. The molecule has 0 aliphatic heterocycles. The van der Waals surface area contributed by atoms with E-state index in [4.69, 9.17) is 0 Å². The highest BCUT2D eigenvalue weighted by molar-refractivity contribution is 7.20. The maximum absolute atomic E-state index is 13.1. The average molecular weight is 388 g/mol. The van der Waals surface area contributed by atoms with Crippen molar-refractivity contribution in [1.82, 2.24) is 20.4 Å². The van der Waals surface area contributed by atoms with Crippen LogP contribution in [0.1, 0.15) is 34.3 Å². The zero-order valence-corrected chi connectivity index (χ0v) is 16.0. The van der Waals surface area contributed by atoms with E-state index in [0.717, 1.165) is 27.9 Å². The summed E-state index contributed by atoms with van der Waals surface area (Å²) in [6.07, 6.45) is 0.847. The molecule has 0 aliphatic carbocycles. The van der Waals surface area contributed by atoms with Crippen LogP contribution < -0.4 is 10.6 Å². The van der Waals surface area contributed by atoms with Crippen molar-refractivity contribution in [2.75, 3.05) is 13.1 Å². The van der Waals surface area contributed by atoms with Crippen molar-refractivity contribution in [3.63, 3.8) is 0 Å². The number of nitrogens with zero attached hydrogens (tertiary/aromatic N) is 2. The minimum atomic E-state index is -0.282. The Hall–Kier alpha value is -2.74. The first kappa shape index (κ1) is 19.0. The van der Waals surface area contributed by atoms with Crippen LogP contribution in [0, 0.1) is 12.7 Å². The Morgan fingerprint density at radius 2 is 1.96 bits per heavy atom. The Bertz CT molecular complexity index is 962. The van der Waals surface area contributed by atoms with Crippen molar-refractivity contribution in [2.45, 2.75) is 26.8 Å². The number of hydrogen-bond donors (Lipinski definition) is 2. The van der Waals surface area contributed by atoms with Gasteiger partial charge in [0.1, 0.15) is 10.6 Å². The number of aromatic nitrogens is 2. The quantitative estimate of drug-likeness (QED) is 0.653. The third-order valence-electron chi connectivity index (χ3n) is 4.06. The molecule has 0 fully saturated rings. The Kier molecular flexibility index (Phi) is 5.85. The number of aryl methyl sites for hydroxylation is 1. The van der Waals surface area contributed by atoms with Crippen LogP contribution in [-0.4, -0.2) is 34.7 Å². The first-order valence-corrected chi connectivity index (χ1v) is 9.56. The Labute approximate surface area is 160 Å². The first-order chi connectivity index (χ1) is 13.0. The van der Waals surface area contributed by atoms with Gasteiger partial charge in [0.2, 0.25) is 5.91 Å². The minimum Gasteiger partial charge on any atom is -0.355 e. The first-order valence-electron chi connectivity index (χ1n) is 8.74. The standard InChI is InChI=1S/C19H21FN4O2S/c1-3-8-21-17(25)10-22-18(26)16-9-15-12(2)23-24(19(15)27-16)11-13-4-6-14(20)7-5-13/h4-7,9H,3,8,10-11H2,1-2H3,(H,21,25)(H,22,26). The predicted molar refractivity (Wildman–Crippen MR) is 103 cm³/mol. The van der Waals surface area contributed by atoms with Gasteiger partial charge in [0.15, 0.2) is 0 Å². The highest BCUT2D eigenvalue weighted by Gasteiger charge is 2.17. The van der Waals surface area contributed by atoms with E-state index in [2.05, 4.69) is 15.7 Å². The SMILES string of the molecule is CCCNC(=O)CNC(=O)c1cc2c(C)nn(Cc3ccc(F)cc3)c2s1. The smallest absolute Gasteiger partial charge is 0.261 e. The van der Waals surface area contributed by atoms with Crippen molar-refractivity contribution in [2.24, 2.45) is 0 Å². The zero-order chi connectivity index (χ0) is 19.4. The normalized spacial score (nSPS) is 10.9. The number of fused-ring (bicyclic) bond motifs is 1. The summed E-state index contributed by atoms with van der Waals surface area (Å²) in [5.74, 6) is -0.765. The summed E-state index contributed by atoms with van der Waals surface area (Å²) in [5.41, 5.74) is 1.75. The van der Waals surface area contributed by atoms with Crippen molar-refractivity contribution in [3.8, 4) is 0 Å². The molecule has 142 valence electrons. The Balaban J connectivity index is 1.74. The van der Waals surface area contributed by atoms with Crippen LogP contribution in [0.2, 0.25) is 0 Å². The topological polar surface area (TPSA) is 76.0 Å². The van der Waals surface area contributed by atoms with Gasteiger partial charge in [-0.1, -0.05) is 19.1 Å². The van der Waals surface area contributed by atoms with Gasteiger partial charge >= 0.3 is 0 Å². The molecule has 0 saturated carbocycles. The second-order valence-electron chi connectivity index (χ2n) is 6.23. The molecule has 0 aliphatic rings. The lowest BCUT2D eigenvalue weighted by atomic mass is 10.2. The lowest BCUT2D eigenvalue weighted by Gasteiger charge is -2.05. The van der Waals surface area contributed by atoms with Crippen LogP contribution >= 0.6 is 11.3 Å². The maximum atomic E-state index is 13.1. The molecule has 8 heteroatoms.